The number of nitrogens with one attached hydrogen (secondary N) is 2. The van der Waals surface area contributed by atoms with Gasteiger partial charge in [-0.3, -0.25) is 0 Å². The van der Waals surface area contributed by atoms with Gasteiger partial charge in [-0.15, -0.1) is 11.3 Å². The van der Waals surface area contributed by atoms with E-state index < -0.39 is 0 Å². The SMILES string of the molecule is Cc1cnc(CNCCCC2CCNC2)s1. The highest BCUT2D eigenvalue weighted by molar-refractivity contribution is 7.11. The molecule has 3 nitrogen and oxygen atoms in total. The van der Waals surface area contributed by atoms with Gasteiger partial charge in [0.2, 0.25) is 0 Å². The topological polar surface area (TPSA) is 37.0 Å². The summed E-state index contributed by atoms with van der Waals surface area (Å²) in [6, 6.07) is 0. The van der Waals surface area contributed by atoms with Crippen molar-refractivity contribution in [3.05, 3.63) is 16.1 Å². The first kappa shape index (κ1) is 12.0. The summed E-state index contributed by atoms with van der Waals surface area (Å²) in [6.45, 7) is 6.60. The number of aryl methyl sites for hydroxylation is 1. The lowest BCUT2D eigenvalue weighted by atomic mass is 10.0. The van der Waals surface area contributed by atoms with Crippen molar-refractivity contribution in [1.82, 2.24) is 15.6 Å². The first-order valence-electron chi connectivity index (χ1n) is 6.17. The van der Waals surface area contributed by atoms with Crippen LogP contribution in [0, 0.1) is 12.8 Å². The van der Waals surface area contributed by atoms with Gasteiger partial charge in [0.05, 0.1) is 0 Å². The van der Waals surface area contributed by atoms with Crippen molar-refractivity contribution in [2.75, 3.05) is 19.6 Å². The number of aromatic nitrogens is 1. The Morgan fingerprint density at radius 1 is 1.62 bits per heavy atom. The van der Waals surface area contributed by atoms with Gasteiger partial charge in [-0.25, -0.2) is 4.98 Å². The average Bonchev–Trinajstić information content (AvgIpc) is 2.89. The Kier molecular flexibility index (Phi) is 4.75. The molecule has 0 aliphatic carbocycles. The van der Waals surface area contributed by atoms with Crippen LogP contribution in [0.1, 0.15) is 29.1 Å². The van der Waals surface area contributed by atoms with Crippen LogP contribution >= 0.6 is 11.3 Å². The Hall–Kier alpha value is -0.450. The Morgan fingerprint density at radius 2 is 2.56 bits per heavy atom. The molecular formula is C12H21N3S. The molecule has 1 atom stereocenters. The van der Waals surface area contributed by atoms with E-state index in [1.54, 1.807) is 11.3 Å². The number of rotatable bonds is 6. The maximum absolute atomic E-state index is 4.34. The highest BCUT2D eigenvalue weighted by atomic mass is 32.1. The molecule has 0 amide bonds. The van der Waals surface area contributed by atoms with Crippen LogP contribution in [0.4, 0.5) is 0 Å². The molecule has 16 heavy (non-hydrogen) atoms. The zero-order chi connectivity index (χ0) is 11.2. The predicted octanol–water partition coefficient (Wildman–Crippen LogP) is 1.93. The van der Waals surface area contributed by atoms with E-state index in [2.05, 4.69) is 22.5 Å². The molecule has 1 saturated heterocycles. The van der Waals surface area contributed by atoms with Crippen LogP contribution in [0.15, 0.2) is 6.20 Å². The second-order valence-electron chi connectivity index (χ2n) is 4.54. The lowest BCUT2D eigenvalue weighted by molar-refractivity contribution is 0.492. The van der Waals surface area contributed by atoms with Crippen molar-refractivity contribution in [2.24, 2.45) is 5.92 Å². The number of hydrogen-bond donors (Lipinski definition) is 2. The molecule has 1 aliphatic rings. The van der Waals surface area contributed by atoms with Crippen LogP contribution in [0.25, 0.3) is 0 Å². The third-order valence-electron chi connectivity index (χ3n) is 3.07. The molecule has 1 aromatic rings. The molecule has 0 bridgehead atoms. The van der Waals surface area contributed by atoms with Crippen molar-refractivity contribution in [1.29, 1.82) is 0 Å². The molecule has 1 aliphatic heterocycles. The van der Waals surface area contributed by atoms with Gasteiger partial charge in [0.15, 0.2) is 0 Å². The molecule has 1 unspecified atom stereocenters. The van der Waals surface area contributed by atoms with Gasteiger partial charge < -0.3 is 10.6 Å². The Morgan fingerprint density at radius 3 is 3.25 bits per heavy atom. The lowest BCUT2D eigenvalue weighted by Gasteiger charge is -2.07. The average molecular weight is 239 g/mol. The summed E-state index contributed by atoms with van der Waals surface area (Å²) in [5.74, 6) is 0.920. The van der Waals surface area contributed by atoms with Gasteiger partial charge >= 0.3 is 0 Å². The van der Waals surface area contributed by atoms with Crippen molar-refractivity contribution < 1.29 is 0 Å². The standard InChI is InChI=1S/C12H21N3S/c1-10-7-15-12(16-10)9-13-5-2-3-11-4-6-14-8-11/h7,11,13-14H,2-6,8-9H2,1H3. The van der Waals surface area contributed by atoms with Gasteiger partial charge in [0, 0.05) is 17.6 Å². The molecular weight excluding hydrogens is 218 g/mol. The monoisotopic (exact) mass is 239 g/mol. The molecule has 4 heteroatoms. The fraction of sp³-hybridized carbons (Fsp3) is 0.750. The molecule has 0 saturated carbocycles. The molecule has 0 spiro atoms. The van der Waals surface area contributed by atoms with Gasteiger partial charge in [-0.2, -0.15) is 0 Å². The smallest absolute Gasteiger partial charge is 0.107 e. The Bertz CT molecular complexity index is 305. The number of thiazole rings is 1. The summed E-state index contributed by atoms with van der Waals surface area (Å²) in [5.41, 5.74) is 0. The highest BCUT2D eigenvalue weighted by Crippen LogP contribution is 2.14. The zero-order valence-corrected chi connectivity index (χ0v) is 10.8. The minimum atomic E-state index is 0.920. The molecule has 0 aromatic carbocycles. The molecule has 2 rings (SSSR count). The van der Waals surface area contributed by atoms with E-state index in [1.165, 1.54) is 42.2 Å². The summed E-state index contributed by atoms with van der Waals surface area (Å²) in [7, 11) is 0. The first-order valence-corrected chi connectivity index (χ1v) is 6.99. The summed E-state index contributed by atoms with van der Waals surface area (Å²) in [4.78, 5) is 5.64. The largest absolute Gasteiger partial charge is 0.316 e. The fourth-order valence-corrected chi connectivity index (χ4v) is 2.91. The maximum Gasteiger partial charge on any atom is 0.107 e. The van der Waals surface area contributed by atoms with Gasteiger partial charge in [-0.1, -0.05) is 0 Å². The van der Waals surface area contributed by atoms with Crippen molar-refractivity contribution in [3.8, 4) is 0 Å². The number of nitrogens with zero attached hydrogens (tertiary/aromatic N) is 1. The summed E-state index contributed by atoms with van der Waals surface area (Å²) in [5, 5.41) is 8.09. The van der Waals surface area contributed by atoms with E-state index in [0.29, 0.717) is 0 Å². The Balaban J connectivity index is 1.51. The van der Waals surface area contributed by atoms with Crippen LogP contribution in [-0.4, -0.2) is 24.6 Å². The normalized spacial score (nSPS) is 20.4. The van der Waals surface area contributed by atoms with E-state index in [0.717, 1.165) is 19.0 Å². The maximum atomic E-state index is 4.34. The van der Waals surface area contributed by atoms with Crippen LogP contribution in [-0.2, 0) is 6.54 Å². The summed E-state index contributed by atoms with van der Waals surface area (Å²) >= 11 is 1.79. The summed E-state index contributed by atoms with van der Waals surface area (Å²) < 4.78 is 0. The minimum absolute atomic E-state index is 0.920. The highest BCUT2D eigenvalue weighted by Gasteiger charge is 2.13. The van der Waals surface area contributed by atoms with E-state index in [9.17, 15) is 0 Å². The molecule has 1 fully saturated rings. The Labute approximate surface area is 102 Å². The van der Waals surface area contributed by atoms with Crippen LogP contribution in [0.2, 0.25) is 0 Å². The summed E-state index contributed by atoms with van der Waals surface area (Å²) in [6.07, 6.45) is 5.96. The van der Waals surface area contributed by atoms with Gasteiger partial charge in [0.25, 0.3) is 0 Å². The van der Waals surface area contributed by atoms with Crippen molar-refractivity contribution in [3.63, 3.8) is 0 Å². The predicted molar refractivity (Wildman–Crippen MR) is 68.8 cm³/mol. The van der Waals surface area contributed by atoms with E-state index in [4.69, 9.17) is 0 Å². The molecule has 2 heterocycles. The van der Waals surface area contributed by atoms with E-state index >= 15 is 0 Å². The molecule has 2 N–H and O–H groups in total. The van der Waals surface area contributed by atoms with Gasteiger partial charge in [0.1, 0.15) is 5.01 Å². The van der Waals surface area contributed by atoms with Crippen molar-refractivity contribution in [2.45, 2.75) is 32.7 Å². The second kappa shape index (κ2) is 6.33. The van der Waals surface area contributed by atoms with Gasteiger partial charge in [-0.05, 0) is 51.7 Å². The van der Waals surface area contributed by atoms with Crippen LogP contribution in [0.5, 0.6) is 0 Å². The quantitative estimate of drug-likeness (QED) is 0.745. The fourth-order valence-electron chi connectivity index (χ4n) is 2.16. The van der Waals surface area contributed by atoms with Crippen molar-refractivity contribution >= 4 is 11.3 Å². The molecule has 90 valence electrons. The molecule has 0 radical (unpaired) electrons. The second-order valence-corrected chi connectivity index (χ2v) is 5.86. The third kappa shape index (κ3) is 3.85. The number of hydrogen-bond acceptors (Lipinski definition) is 4. The minimum Gasteiger partial charge on any atom is -0.316 e. The van der Waals surface area contributed by atoms with E-state index in [-0.39, 0.29) is 0 Å². The van der Waals surface area contributed by atoms with Crippen LogP contribution < -0.4 is 10.6 Å². The molecule has 1 aromatic heterocycles. The first-order chi connectivity index (χ1) is 7.84. The van der Waals surface area contributed by atoms with Crippen LogP contribution in [0.3, 0.4) is 0 Å². The lowest BCUT2D eigenvalue weighted by Crippen LogP contribution is -2.16. The third-order valence-corrected chi connectivity index (χ3v) is 3.99. The zero-order valence-electron chi connectivity index (χ0n) is 9.96. The van der Waals surface area contributed by atoms with E-state index in [1.807, 2.05) is 6.20 Å².